The highest BCUT2D eigenvalue weighted by Crippen LogP contribution is 2.60. The molecule has 0 fully saturated rings. The average molecular weight is 541 g/mol. The molecule has 5 heteroatoms. The predicted molar refractivity (Wildman–Crippen MR) is 171 cm³/mol. The van der Waals surface area contributed by atoms with Gasteiger partial charge in [-0.15, -0.1) is 22.7 Å². The first-order valence-corrected chi connectivity index (χ1v) is 22.3. The van der Waals surface area contributed by atoms with E-state index in [4.69, 9.17) is 0 Å². The fourth-order valence-electron chi connectivity index (χ4n) is 5.46. The number of rotatable bonds is 3. The molecule has 0 aliphatic heterocycles. The van der Waals surface area contributed by atoms with Gasteiger partial charge in [-0.25, -0.2) is 0 Å². The van der Waals surface area contributed by atoms with Crippen LogP contribution in [0.2, 0.25) is 39.3 Å². The molecule has 0 amide bonds. The zero-order valence-electron chi connectivity index (χ0n) is 21.1. The minimum absolute atomic E-state index is 0.536. The summed E-state index contributed by atoms with van der Waals surface area (Å²) < 4.78 is 6.48. The van der Waals surface area contributed by atoms with Crippen LogP contribution in [0.3, 0.4) is 0 Å². The van der Waals surface area contributed by atoms with Crippen molar-refractivity contribution < 1.29 is 0 Å². The van der Waals surface area contributed by atoms with E-state index >= 15 is 0 Å². The molecule has 0 saturated heterocycles. The monoisotopic (exact) mass is 540 g/mol. The highest BCUT2D eigenvalue weighted by Gasteiger charge is 2.28. The van der Waals surface area contributed by atoms with Gasteiger partial charge in [0.15, 0.2) is 0 Å². The molecule has 7 aromatic rings. The number of hydrogen-bond acceptors (Lipinski definition) is 2. The molecule has 7 rings (SSSR count). The van der Waals surface area contributed by atoms with Crippen LogP contribution in [0.1, 0.15) is 0 Å². The van der Waals surface area contributed by atoms with E-state index in [2.05, 4.69) is 129 Å². The van der Waals surface area contributed by atoms with Crippen molar-refractivity contribution in [3.05, 3.63) is 66.7 Å². The molecular formula is C30H29PS2Si2. The maximum atomic E-state index is 2.62. The molecule has 0 nitrogen and oxygen atoms in total. The highest BCUT2D eigenvalue weighted by atomic mass is 32.1. The van der Waals surface area contributed by atoms with E-state index < -0.39 is 23.7 Å². The minimum Gasteiger partial charge on any atom is -0.143 e. The fourth-order valence-corrected chi connectivity index (χ4v) is 15.4. The van der Waals surface area contributed by atoms with E-state index in [1.807, 2.05) is 0 Å². The molecule has 0 spiro atoms. The number of thiophene rings is 2. The summed E-state index contributed by atoms with van der Waals surface area (Å²) >= 11 is 4.22. The first kappa shape index (κ1) is 22.3. The molecule has 0 bridgehead atoms. The first-order chi connectivity index (χ1) is 16.6. The van der Waals surface area contributed by atoms with Gasteiger partial charge in [0.25, 0.3) is 0 Å². The molecule has 0 aliphatic rings. The van der Waals surface area contributed by atoms with Crippen molar-refractivity contribution in [3.63, 3.8) is 0 Å². The minimum atomic E-state index is -1.37. The van der Waals surface area contributed by atoms with E-state index in [1.54, 1.807) is 33.9 Å². The molecule has 0 atom stereocenters. The van der Waals surface area contributed by atoms with Crippen molar-refractivity contribution in [2.75, 3.05) is 0 Å². The summed E-state index contributed by atoms with van der Waals surface area (Å²) in [6.07, 6.45) is 0. The summed E-state index contributed by atoms with van der Waals surface area (Å²) in [5, 5.41) is 13.2. The van der Waals surface area contributed by atoms with Crippen LogP contribution in [-0.4, -0.2) is 16.1 Å². The summed E-state index contributed by atoms with van der Waals surface area (Å²) in [7, 11) is -3.28. The Kier molecular flexibility index (Phi) is 4.65. The van der Waals surface area contributed by atoms with Crippen LogP contribution in [0.15, 0.2) is 66.7 Å². The fraction of sp³-hybridized carbons (Fsp3) is 0.200. The molecule has 4 aromatic carbocycles. The van der Waals surface area contributed by atoms with Crippen molar-refractivity contribution in [2.45, 2.75) is 39.3 Å². The Bertz CT molecular complexity index is 1840. The van der Waals surface area contributed by atoms with Crippen LogP contribution >= 0.6 is 30.2 Å². The third-order valence-electron chi connectivity index (χ3n) is 7.34. The van der Waals surface area contributed by atoms with E-state index in [0.717, 1.165) is 0 Å². The zero-order valence-corrected chi connectivity index (χ0v) is 25.6. The van der Waals surface area contributed by atoms with Crippen LogP contribution in [0.4, 0.5) is 0 Å². The Balaban J connectivity index is 1.65. The summed E-state index contributed by atoms with van der Waals surface area (Å²) in [6, 6.07) is 26.2. The van der Waals surface area contributed by atoms with Gasteiger partial charge in [0.2, 0.25) is 0 Å². The molecule has 0 saturated carbocycles. The van der Waals surface area contributed by atoms with Gasteiger partial charge in [-0.3, -0.25) is 0 Å². The second-order valence-electron chi connectivity index (χ2n) is 11.9. The third-order valence-corrected chi connectivity index (χ3v) is 19.8. The van der Waals surface area contributed by atoms with Gasteiger partial charge in [0.1, 0.15) is 0 Å². The Morgan fingerprint density at radius 3 is 1.60 bits per heavy atom. The van der Waals surface area contributed by atoms with Gasteiger partial charge in [0.05, 0.1) is 25.5 Å². The molecule has 35 heavy (non-hydrogen) atoms. The smallest absolute Gasteiger partial charge is 0.0904 e. The summed E-state index contributed by atoms with van der Waals surface area (Å²) in [5.74, 6) is 0. The van der Waals surface area contributed by atoms with Crippen LogP contribution in [0, 0.1) is 0 Å². The van der Waals surface area contributed by atoms with Crippen LogP contribution in [0.25, 0.3) is 57.3 Å². The summed E-state index contributed by atoms with van der Waals surface area (Å²) in [4.78, 5) is 0. The number of fused-ring (bicyclic) bond motifs is 3. The van der Waals surface area contributed by atoms with Crippen molar-refractivity contribution in [2.24, 2.45) is 0 Å². The Morgan fingerprint density at radius 1 is 0.571 bits per heavy atom. The third kappa shape index (κ3) is 3.20. The lowest BCUT2D eigenvalue weighted by molar-refractivity contribution is 1.79. The summed E-state index contributed by atoms with van der Waals surface area (Å²) in [6.45, 7) is 15.0. The van der Waals surface area contributed by atoms with Gasteiger partial charge in [0, 0.05) is 15.5 Å². The second-order valence-corrected chi connectivity index (χ2v) is 26.9. The van der Waals surface area contributed by atoms with Crippen LogP contribution in [0.5, 0.6) is 0 Å². The van der Waals surface area contributed by atoms with Gasteiger partial charge in [-0.1, -0.05) is 95.3 Å². The number of hydrogen-bond donors (Lipinski definition) is 0. The maximum absolute atomic E-state index is 2.62. The van der Waals surface area contributed by atoms with Gasteiger partial charge in [-0.05, 0) is 59.5 Å². The van der Waals surface area contributed by atoms with Crippen LogP contribution in [-0.2, 0) is 0 Å². The Morgan fingerprint density at radius 2 is 1.06 bits per heavy atom. The SMILES string of the molecule is C[Si](C)(C)c1cc2c(s1)c1sc([Si](C)(C)C)cc1p2-c1ccc2ccc3cccc4ccc1c2c34. The first-order valence-electron chi connectivity index (χ1n) is 12.4. The Hall–Kier alpha value is -1.95. The topological polar surface area (TPSA) is 0 Å². The normalized spacial score (nSPS) is 13.4. The lowest BCUT2D eigenvalue weighted by Crippen LogP contribution is -2.34. The molecule has 0 unspecified atom stereocenters. The predicted octanol–water partition coefficient (Wildman–Crippen LogP) is 10.1. The van der Waals surface area contributed by atoms with Gasteiger partial charge in [-0.2, -0.15) is 0 Å². The average Bonchev–Trinajstić information content (AvgIpc) is 3.48. The molecule has 0 aliphatic carbocycles. The van der Waals surface area contributed by atoms with E-state index in [9.17, 15) is 0 Å². The van der Waals surface area contributed by atoms with Gasteiger partial charge >= 0.3 is 0 Å². The molecular weight excluding hydrogens is 512 g/mol. The molecule has 3 heterocycles. The Labute approximate surface area is 217 Å². The molecule has 3 aromatic heterocycles. The molecule has 174 valence electrons. The lowest BCUT2D eigenvalue weighted by Gasteiger charge is -2.15. The van der Waals surface area contributed by atoms with E-state index in [-0.39, 0.29) is 0 Å². The zero-order chi connectivity index (χ0) is 24.3. The van der Waals surface area contributed by atoms with E-state index in [1.165, 1.54) is 32.3 Å². The van der Waals surface area contributed by atoms with Crippen molar-refractivity contribution >= 4 is 107 Å². The summed E-state index contributed by atoms with van der Waals surface area (Å²) in [5.41, 5.74) is 0. The van der Waals surface area contributed by atoms with E-state index in [0.29, 0.717) is 0 Å². The number of benzene rings is 4. The standard InChI is InChI=1S/C30H29PS2Si2/c1-34(2,3)25-16-23-29(32-25)30-24(17-26(33-30)35(4,5)6)31(23)22-15-13-20-11-10-18-8-7-9-19-12-14-21(22)28(20)27(18)19/h7-17H,1-6H3. The second kappa shape index (κ2) is 7.30. The molecule has 0 N–H and O–H groups in total. The van der Waals surface area contributed by atoms with Crippen molar-refractivity contribution in [1.29, 1.82) is 0 Å². The van der Waals surface area contributed by atoms with Crippen molar-refractivity contribution in [3.8, 4) is 5.30 Å². The van der Waals surface area contributed by atoms with Crippen molar-refractivity contribution in [1.82, 2.24) is 0 Å². The molecule has 0 radical (unpaired) electrons. The largest absolute Gasteiger partial charge is 0.143 e. The quantitative estimate of drug-likeness (QED) is 0.154. The highest BCUT2D eigenvalue weighted by molar-refractivity contribution is 7.70. The van der Waals surface area contributed by atoms with Gasteiger partial charge < -0.3 is 0 Å². The maximum Gasteiger partial charge on any atom is 0.0904 e. The van der Waals surface area contributed by atoms with Crippen LogP contribution < -0.4 is 9.00 Å². The lowest BCUT2D eigenvalue weighted by atomic mass is 9.94.